The highest BCUT2D eigenvalue weighted by molar-refractivity contribution is 5.71. The van der Waals surface area contributed by atoms with Gasteiger partial charge in [0, 0.05) is 24.8 Å². The molecule has 0 radical (unpaired) electrons. The molecule has 4 heterocycles. The number of hydrogen-bond donors (Lipinski definition) is 1. The number of imidazole rings is 1. The second kappa shape index (κ2) is 6.21. The van der Waals surface area contributed by atoms with Gasteiger partial charge in [0.15, 0.2) is 5.65 Å². The zero-order valence-electron chi connectivity index (χ0n) is 14.2. The van der Waals surface area contributed by atoms with Gasteiger partial charge in [-0.2, -0.15) is 0 Å². The first kappa shape index (κ1) is 15.1. The minimum Gasteiger partial charge on any atom is -0.310 e. The molecule has 4 rings (SSSR count). The van der Waals surface area contributed by atoms with Gasteiger partial charge in [-0.05, 0) is 64.8 Å². The molecular weight excluding hydrogens is 286 g/mol. The molecule has 0 amide bonds. The van der Waals surface area contributed by atoms with Gasteiger partial charge in [0.25, 0.3) is 0 Å². The number of nitrogens with one attached hydrogen (secondary N) is 1. The smallest absolute Gasteiger partial charge is 0.160 e. The van der Waals surface area contributed by atoms with Crippen molar-refractivity contribution in [2.45, 2.75) is 64.2 Å². The molecule has 0 bridgehead atoms. The number of pyridine rings is 1. The van der Waals surface area contributed by atoms with Crippen LogP contribution in [0.2, 0.25) is 0 Å². The third-order valence-corrected chi connectivity index (χ3v) is 5.38. The molecule has 2 unspecified atom stereocenters. The molecule has 0 saturated carbocycles. The van der Waals surface area contributed by atoms with E-state index in [0.717, 1.165) is 24.3 Å². The average molecular weight is 313 g/mol. The summed E-state index contributed by atoms with van der Waals surface area (Å²) in [6.07, 6.45) is 6.90. The van der Waals surface area contributed by atoms with Crippen LogP contribution in [0, 0.1) is 0 Å². The van der Waals surface area contributed by atoms with Crippen molar-refractivity contribution in [3.63, 3.8) is 0 Å². The van der Waals surface area contributed by atoms with E-state index >= 15 is 0 Å². The van der Waals surface area contributed by atoms with E-state index in [-0.39, 0.29) is 0 Å². The van der Waals surface area contributed by atoms with Gasteiger partial charge < -0.3 is 9.88 Å². The molecule has 2 aromatic rings. The lowest BCUT2D eigenvalue weighted by Crippen LogP contribution is -2.38. The Bertz CT molecular complexity index is 671. The van der Waals surface area contributed by atoms with E-state index in [2.05, 4.69) is 39.7 Å². The van der Waals surface area contributed by atoms with E-state index in [4.69, 9.17) is 4.98 Å². The highest BCUT2D eigenvalue weighted by atomic mass is 15.2. The average Bonchev–Trinajstić information content (AvgIpc) is 3.27. The van der Waals surface area contributed by atoms with Crippen LogP contribution in [-0.4, -0.2) is 44.6 Å². The van der Waals surface area contributed by atoms with Crippen molar-refractivity contribution < 1.29 is 0 Å². The van der Waals surface area contributed by atoms with Crippen LogP contribution in [0.1, 0.15) is 51.4 Å². The Labute approximate surface area is 138 Å². The molecule has 23 heavy (non-hydrogen) atoms. The van der Waals surface area contributed by atoms with Crippen LogP contribution in [0.15, 0.2) is 18.3 Å². The van der Waals surface area contributed by atoms with Crippen molar-refractivity contribution in [1.82, 2.24) is 24.8 Å². The summed E-state index contributed by atoms with van der Waals surface area (Å²) in [5.74, 6) is 1.19. The van der Waals surface area contributed by atoms with Gasteiger partial charge in [-0.25, -0.2) is 9.97 Å². The van der Waals surface area contributed by atoms with Crippen molar-refractivity contribution in [2.24, 2.45) is 0 Å². The first-order chi connectivity index (χ1) is 11.2. The largest absolute Gasteiger partial charge is 0.310 e. The van der Waals surface area contributed by atoms with E-state index in [1.807, 2.05) is 12.3 Å². The summed E-state index contributed by atoms with van der Waals surface area (Å²) in [6, 6.07) is 5.68. The summed E-state index contributed by atoms with van der Waals surface area (Å²) in [4.78, 5) is 12.2. The maximum absolute atomic E-state index is 4.93. The molecule has 124 valence electrons. The van der Waals surface area contributed by atoms with E-state index in [9.17, 15) is 0 Å². The van der Waals surface area contributed by atoms with Crippen LogP contribution in [0.25, 0.3) is 11.2 Å². The minimum absolute atomic E-state index is 0.387. The van der Waals surface area contributed by atoms with Gasteiger partial charge in [-0.1, -0.05) is 0 Å². The minimum atomic E-state index is 0.387. The second-order valence-corrected chi connectivity index (χ2v) is 7.20. The summed E-state index contributed by atoms with van der Waals surface area (Å²) in [5, 5.41) is 3.61. The first-order valence-corrected chi connectivity index (χ1v) is 9.04. The maximum atomic E-state index is 4.93. The number of aromatic nitrogens is 3. The number of fused-ring (bicyclic) bond motifs is 1. The summed E-state index contributed by atoms with van der Waals surface area (Å²) in [5.41, 5.74) is 2.08. The lowest BCUT2D eigenvalue weighted by atomic mass is 10.1. The Morgan fingerprint density at radius 2 is 2.22 bits per heavy atom. The molecule has 5 heteroatoms. The van der Waals surface area contributed by atoms with Crippen LogP contribution < -0.4 is 5.32 Å². The molecular formula is C18H27N5. The molecule has 2 atom stereocenters. The Morgan fingerprint density at radius 3 is 3.00 bits per heavy atom. The fourth-order valence-corrected chi connectivity index (χ4v) is 4.27. The number of nitrogens with zero attached hydrogens (tertiary/aromatic N) is 4. The molecule has 0 aromatic carbocycles. The molecule has 2 aliphatic rings. The summed E-state index contributed by atoms with van der Waals surface area (Å²) < 4.78 is 2.39. The van der Waals surface area contributed by atoms with Gasteiger partial charge in [0.1, 0.15) is 11.3 Å². The van der Waals surface area contributed by atoms with Crippen molar-refractivity contribution in [3.05, 3.63) is 24.2 Å². The zero-order valence-corrected chi connectivity index (χ0v) is 14.2. The van der Waals surface area contributed by atoms with E-state index in [1.165, 1.54) is 38.1 Å². The van der Waals surface area contributed by atoms with Gasteiger partial charge in [0.05, 0.1) is 6.04 Å². The van der Waals surface area contributed by atoms with Crippen molar-refractivity contribution in [1.29, 1.82) is 0 Å². The Morgan fingerprint density at radius 1 is 1.30 bits per heavy atom. The van der Waals surface area contributed by atoms with E-state index < -0.39 is 0 Å². The highest BCUT2D eigenvalue weighted by Gasteiger charge is 2.30. The molecule has 2 aromatic heterocycles. The predicted molar refractivity (Wildman–Crippen MR) is 92.4 cm³/mol. The number of hydrogen-bond acceptors (Lipinski definition) is 4. The molecule has 2 saturated heterocycles. The molecule has 2 fully saturated rings. The number of rotatable bonds is 4. The fraction of sp³-hybridized carbons (Fsp3) is 0.667. The summed E-state index contributed by atoms with van der Waals surface area (Å²) in [6.45, 7) is 7.95. The molecule has 2 aliphatic heterocycles. The lowest BCUT2D eigenvalue weighted by Gasteiger charge is -2.29. The third kappa shape index (κ3) is 2.76. The Balaban J connectivity index is 1.71. The lowest BCUT2D eigenvalue weighted by molar-refractivity contribution is 0.186. The first-order valence-electron chi connectivity index (χ1n) is 9.04. The van der Waals surface area contributed by atoms with Crippen LogP contribution in [0.3, 0.4) is 0 Å². The van der Waals surface area contributed by atoms with E-state index in [1.54, 1.807) is 0 Å². The fourth-order valence-electron chi connectivity index (χ4n) is 4.27. The van der Waals surface area contributed by atoms with Gasteiger partial charge in [-0.3, -0.25) is 4.90 Å². The molecule has 5 nitrogen and oxygen atoms in total. The molecule has 1 N–H and O–H groups in total. The molecule has 0 aliphatic carbocycles. The van der Waals surface area contributed by atoms with Gasteiger partial charge in [-0.15, -0.1) is 0 Å². The normalized spacial score (nSPS) is 25.9. The standard InChI is InChI=1S/C18H27N5/c1-13(2)22-11-5-6-14(22)12-23-17-16(8-4-10-20-17)21-18(23)15-7-3-9-19-15/h4,8,10,13-15,19H,3,5-7,9,11-12H2,1-2H3. The van der Waals surface area contributed by atoms with Crippen molar-refractivity contribution >= 4 is 11.2 Å². The van der Waals surface area contributed by atoms with Crippen LogP contribution in [-0.2, 0) is 6.54 Å². The number of likely N-dealkylation sites (tertiary alicyclic amines) is 1. The summed E-state index contributed by atoms with van der Waals surface area (Å²) >= 11 is 0. The van der Waals surface area contributed by atoms with Crippen molar-refractivity contribution in [2.75, 3.05) is 13.1 Å². The molecule has 0 spiro atoms. The van der Waals surface area contributed by atoms with E-state index in [0.29, 0.717) is 18.1 Å². The monoisotopic (exact) mass is 313 g/mol. The van der Waals surface area contributed by atoms with Crippen LogP contribution >= 0.6 is 0 Å². The zero-order chi connectivity index (χ0) is 15.8. The van der Waals surface area contributed by atoms with Gasteiger partial charge >= 0.3 is 0 Å². The highest BCUT2D eigenvalue weighted by Crippen LogP contribution is 2.28. The van der Waals surface area contributed by atoms with Crippen molar-refractivity contribution in [3.8, 4) is 0 Å². The topological polar surface area (TPSA) is 46.0 Å². The Hall–Kier alpha value is -1.46. The van der Waals surface area contributed by atoms with Crippen LogP contribution in [0.5, 0.6) is 0 Å². The van der Waals surface area contributed by atoms with Gasteiger partial charge in [0.2, 0.25) is 0 Å². The quantitative estimate of drug-likeness (QED) is 0.943. The SMILES string of the molecule is CC(C)N1CCCC1Cn1c(C2CCCN2)nc2cccnc21. The summed E-state index contributed by atoms with van der Waals surface area (Å²) in [7, 11) is 0. The predicted octanol–water partition coefficient (Wildman–Crippen LogP) is 2.73. The van der Waals surface area contributed by atoms with Crippen LogP contribution in [0.4, 0.5) is 0 Å². The maximum Gasteiger partial charge on any atom is 0.160 e. The second-order valence-electron chi connectivity index (χ2n) is 7.20. The third-order valence-electron chi connectivity index (χ3n) is 5.38. The Kier molecular flexibility index (Phi) is 4.07.